The van der Waals surface area contributed by atoms with Gasteiger partial charge in [-0.2, -0.15) is 14.9 Å². The van der Waals surface area contributed by atoms with Crippen molar-refractivity contribution in [3.05, 3.63) is 67.6 Å². The minimum absolute atomic E-state index is 0.322. The summed E-state index contributed by atoms with van der Waals surface area (Å²) in [4.78, 5) is 0. The summed E-state index contributed by atoms with van der Waals surface area (Å²) in [6.07, 6.45) is 1.41. The predicted octanol–water partition coefficient (Wildman–Crippen LogP) is 5.15. The molecule has 1 N–H and O–H groups in total. The Balaban J connectivity index is 2.06. The zero-order valence-electron chi connectivity index (χ0n) is 11.5. The number of nitrogens with zero attached hydrogens (tertiary/aromatic N) is 3. The third kappa shape index (κ3) is 3.49. The van der Waals surface area contributed by atoms with E-state index < -0.39 is 0 Å². The quantitative estimate of drug-likeness (QED) is 0.438. The highest BCUT2D eigenvalue weighted by Crippen LogP contribution is 2.26. The van der Waals surface area contributed by atoms with E-state index in [4.69, 9.17) is 12.2 Å². The SMILES string of the molecule is Fc1ccc(Br)cc1/C=N/n1c(-c2ccccc2Br)n[nH]c1=S. The lowest BCUT2D eigenvalue weighted by molar-refractivity contribution is 0.625. The number of aromatic amines is 1. The molecule has 1 heterocycles. The minimum atomic E-state index is -0.366. The van der Waals surface area contributed by atoms with Crippen LogP contribution in [0.2, 0.25) is 0 Å². The van der Waals surface area contributed by atoms with Crippen LogP contribution in [0, 0.1) is 10.6 Å². The van der Waals surface area contributed by atoms with Crippen molar-refractivity contribution in [2.24, 2.45) is 5.10 Å². The van der Waals surface area contributed by atoms with Gasteiger partial charge in [0.25, 0.3) is 0 Å². The normalized spacial score (nSPS) is 11.3. The van der Waals surface area contributed by atoms with E-state index in [1.54, 1.807) is 12.1 Å². The molecule has 8 heteroatoms. The second-order valence-electron chi connectivity index (χ2n) is 4.55. The highest BCUT2D eigenvalue weighted by molar-refractivity contribution is 9.10. The Hall–Kier alpha value is -1.64. The lowest BCUT2D eigenvalue weighted by Gasteiger charge is -2.03. The number of rotatable bonds is 3. The van der Waals surface area contributed by atoms with Crippen molar-refractivity contribution < 1.29 is 4.39 Å². The molecule has 0 fully saturated rings. The van der Waals surface area contributed by atoms with Crippen molar-refractivity contribution in [3.8, 4) is 11.4 Å². The van der Waals surface area contributed by atoms with E-state index in [1.165, 1.54) is 17.0 Å². The predicted molar refractivity (Wildman–Crippen MR) is 97.6 cm³/mol. The van der Waals surface area contributed by atoms with Crippen molar-refractivity contribution in [2.45, 2.75) is 0 Å². The van der Waals surface area contributed by atoms with E-state index in [2.05, 4.69) is 47.2 Å². The van der Waals surface area contributed by atoms with Gasteiger partial charge in [0.05, 0.1) is 6.21 Å². The maximum absolute atomic E-state index is 13.8. The molecule has 0 aliphatic heterocycles. The van der Waals surface area contributed by atoms with E-state index in [0.29, 0.717) is 16.2 Å². The molecular formula is C15H9Br2FN4S. The van der Waals surface area contributed by atoms with Crippen LogP contribution in [0.1, 0.15) is 5.56 Å². The molecule has 3 rings (SSSR count). The van der Waals surface area contributed by atoms with E-state index in [9.17, 15) is 4.39 Å². The standard InChI is InChI=1S/C15H9Br2FN4S/c16-10-5-6-13(18)9(7-10)8-19-22-14(20-21-15(22)23)11-3-1-2-4-12(11)17/h1-8H,(H,21,23)/b19-8+. The molecular weight excluding hydrogens is 447 g/mol. The van der Waals surface area contributed by atoms with Crippen LogP contribution in [0.25, 0.3) is 11.4 Å². The molecule has 0 spiro atoms. The smallest absolute Gasteiger partial charge is 0.216 e. The monoisotopic (exact) mass is 454 g/mol. The third-order valence-corrected chi connectivity index (χ3v) is 4.48. The summed E-state index contributed by atoms with van der Waals surface area (Å²) in [5.41, 5.74) is 1.17. The summed E-state index contributed by atoms with van der Waals surface area (Å²) < 4.78 is 17.2. The molecule has 0 aliphatic rings. The number of aromatic nitrogens is 3. The summed E-state index contributed by atoms with van der Waals surface area (Å²) >= 11 is 12.0. The summed E-state index contributed by atoms with van der Waals surface area (Å²) in [6, 6.07) is 12.2. The highest BCUT2D eigenvalue weighted by atomic mass is 79.9. The van der Waals surface area contributed by atoms with Crippen LogP contribution < -0.4 is 0 Å². The number of hydrogen-bond donors (Lipinski definition) is 1. The Labute approximate surface area is 153 Å². The molecule has 3 aromatic rings. The van der Waals surface area contributed by atoms with Gasteiger partial charge in [-0.15, -0.1) is 0 Å². The average Bonchev–Trinajstić information content (AvgIpc) is 2.89. The molecule has 23 heavy (non-hydrogen) atoms. The van der Waals surface area contributed by atoms with Crippen molar-refractivity contribution in [3.63, 3.8) is 0 Å². The summed E-state index contributed by atoms with van der Waals surface area (Å²) in [5, 5.41) is 11.2. The van der Waals surface area contributed by atoms with Crippen LogP contribution in [0.15, 0.2) is 56.5 Å². The molecule has 4 nitrogen and oxygen atoms in total. The molecule has 0 radical (unpaired) electrons. The van der Waals surface area contributed by atoms with Gasteiger partial charge >= 0.3 is 0 Å². The van der Waals surface area contributed by atoms with Crippen LogP contribution in [0.4, 0.5) is 4.39 Å². The first-order valence-electron chi connectivity index (χ1n) is 6.48. The maximum atomic E-state index is 13.8. The van der Waals surface area contributed by atoms with Gasteiger partial charge in [-0.1, -0.05) is 44.0 Å². The van der Waals surface area contributed by atoms with Crippen molar-refractivity contribution in [2.75, 3.05) is 0 Å². The number of H-pyrrole nitrogens is 1. The van der Waals surface area contributed by atoms with E-state index >= 15 is 0 Å². The lowest BCUT2D eigenvalue weighted by atomic mass is 10.2. The number of nitrogens with one attached hydrogen (secondary N) is 1. The van der Waals surface area contributed by atoms with Gasteiger partial charge in [-0.05, 0) is 42.5 Å². The van der Waals surface area contributed by atoms with Gasteiger partial charge in [-0.3, -0.25) is 0 Å². The lowest BCUT2D eigenvalue weighted by Crippen LogP contribution is -1.97. The second kappa shape index (κ2) is 6.86. The van der Waals surface area contributed by atoms with Crippen LogP contribution in [0.3, 0.4) is 0 Å². The Bertz CT molecular complexity index is 949. The average molecular weight is 456 g/mol. The Morgan fingerprint density at radius 3 is 2.78 bits per heavy atom. The molecule has 116 valence electrons. The fourth-order valence-electron chi connectivity index (χ4n) is 1.95. The van der Waals surface area contributed by atoms with E-state index in [1.807, 2.05) is 24.3 Å². The molecule has 0 aliphatic carbocycles. The fourth-order valence-corrected chi connectivity index (χ4v) is 2.97. The summed E-state index contributed by atoms with van der Waals surface area (Å²) in [7, 11) is 0. The summed E-state index contributed by atoms with van der Waals surface area (Å²) in [6.45, 7) is 0. The third-order valence-electron chi connectivity index (χ3n) is 3.04. The van der Waals surface area contributed by atoms with Gasteiger partial charge in [0.1, 0.15) is 5.82 Å². The number of benzene rings is 2. The van der Waals surface area contributed by atoms with E-state index in [-0.39, 0.29) is 5.82 Å². The molecule has 0 saturated carbocycles. The molecule has 0 amide bonds. The molecule has 0 bridgehead atoms. The van der Waals surface area contributed by atoms with Gasteiger partial charge in [-0.25, -0.2) is 9.49 Å². The van der Waals surface area contributed by atoms with Gasteiger partial charge in [0.15, 0.2) is 5.82 Å². The molecule has 0 atom stereocenters. The van der Waals surface area contributed by atoms with Gasteiger partial charge in [0, 0.05) is 20.1 Å². The summed E-state index contributed by atoms with van der Waals surface area (Å²) in [5.74, 6) is 0.170. The van der Waals surface area contributed by atoms with Gasteiger partial charge in [0.2, 0.25) is 4.77 Å². The highest BCUT2D eigenvalue weighted by Gasteiger charge is 2.11. The Morgan fingerprint density at radius 2 is 2.00 bits per heavy atom. The zero-order chi connectivity index (χ0) is 16.4. The van der Waals surface area contributed by atoms with Gasteiger partial charge < -0.3 is 0 Å². The molecule has 1 aromatic heterocycles. The van der Waals surface area contributed by atoms with E-state index in [0.717, 1.165) is 14.5 Å². The minimum Gasteiger partial charge on any atom is -0.250 e. The number of hydrogen-bond acceptors (Lipinski definition) is 3. The zero-order valence-corrected chi connectivity index (χ0v) is 15.5. The first kappa shape index (κ1) is 16.2. The fraction of sp³-hybridized carbons (Fsp3) is 0. The van der Waals surface area contributed by atoms with Crippen LogP contribution >= 0.6 is 44.1 Å². The Kier molecular flexibility index (Phi) is 4.84. The van der Waals surface area contributed by atoms with Crippen molar-refractivity contribution >= 4 is 50.3 Å². The topological polar surface area (TPSA) is 46.0 Å². The second-order valence-corrected chi connectivity index (χ2v) is 6.71. The first-order chi connectivity index (χ1) is 11.1. The van der Waals surface area contributed by atoms with Crippen LogP contribution in [-0.4, -0.2) is 21.1 Å². The molecule has 0 saturated heterocycles. The number of halogens is 3. The van der Waals surface area contributed by atoms with Crippen LogP contribution in [0.5, 0.6) is 0 Å². The Morgan fingerprint density at radius 1 is 1.22 bits per heavy atom. The maximum Gasteiger partial charge on any atom is 0.216 e. The first-order valence-corrected chi connectivity index (χ1v) is 8.47. The molecule has 0 unspecified atom stereocenters. The van der Waals surface area contributed by atoms with Crippen LogP contribution in [-0.2, 0) is 0 Å². The van der Waals surface area contributed by atoms with Crippen molar-refractivity contribution in [1.82, 2.24) is 14.9 Å². The van der Waals surface area contributed by atoms with Crippen molar-refractivity contribution in [1.29, 1.82) is 0 Å². The largest absolute Gasteiger partial charge is 0.250 e. The molecule has 2 aromatic carbocycles.